The first-order valence-corrected chi connectivity index (χ1v) is 12.1. The van der Waals surface area contributed by atoms with Crippen LogP contribution in [0.2, 0.25) is 0 Å². The molecular formula is C33H29N. The predicted molar refractivity (Wildman–Crippen MR) is 146 cm³/mol. The molecule has 1 nitrogen and oxygen atoms in total. The summed E-state index contributed by atoms with van der Waals surface area (Å²) in [5.41, 5.74) is 9.39. The van der Waals surface area contributed by atoms with Gasteiger partial charge in [0.25, 0.3) is 0 Å². The van der Waals surface area contributed by atoms with E-state index in [1.807, 2.05) is 6.07 Å². The lowest BCUT2D eigenvalue weighted by molar-refractivity contribution is 0.953. The molecule has 0 amide bonds. The number of fused-ring (bicyclic) bond motifs is 1. The largest absolute Gasteiger partial charge is 0.248 e. The highest BCUT2D eigenvalue weighted by atomic mass is 14.7. The number of allylic oxidation sites excluding steroid dienone is 2. The lowest BCUT2D eigenvalue weighted by atomic mass is 9.99. The summed E-state index contributed by atoms with van der Waals surface area (Å²) in [5, 5.41) is 1.16. The second kappa shape index (κ2) is 10.3. The minimum Gasteiger partial charge on any atom is -0.248 e. The number of benzene rings is 4. The van der Waals surface area contributed by atoms with Gasteiger partial charge in [-0.1, -0.05) is 110 Å². The molecule has 5 rings (SSSR count). The Balaban J connectivity index is 1.38. The first-order valence-electron chi connectivity index (χ1n) is 12.1. The van der Waals surface area contributed by atoms with Crippen LogP contribution in [0, 0.1) is 0 Å². The molecule has 5 aromatic rings. The van der Waals surface area contributed by atoms with Gasteiger partial charge < -0.3 is 0 Å². The predicted octanol–water partition coefficient (Wildman–Crippen LogP) is 9.13. The molecule has 34 heavy (non-hydrogen) atoms. The summed E-state index contributed by atoms with van der Waals surface area (Å²) in [6.45, 7) is 2.21. The van der Waals surface area contributed by atoms with E-state index in [2.05, 4.69) is 122 Å². The zero-order valence-corrected chi connectivity index (χ0v) is 19.6. The molecule has 0 bridgehead atoms. The van der Waals surface area contributed by atoms with Crippen molar-refractivity contribution < 1.29 is 0 Å². The summed E-state index contributed by atoms with van der Waals surface area (Å²) in [6, 6.07) is 38.9. The van der Waals surface area contributed by atoms with Gasteiger partial charge in [-0.2, -0.15) is 0 Å². The van der Waals surface area contributed by atoms with E-state index in [-0.39, 0.29) is 0 Å². The Morgan fingerprint density at radius 1 is 0.588 bits per heavy atom. The fourth-order valence-electron chi connectivity index (χ4n) is 4.29. The molecule has 1 heterocycles. The van der Waals surface area contributed by atoms with Gasteiger partial charge in [0.2, 0.25) is 0 Å². The number of hydrogen-bond acceptors (Lipinski definition) is 1. The van der Waals surface area contributed by atoms with E-state index >= 15 is 0 Å². The minimum absolute atomic E-state index is 0.993. The summed E-state index contributed by atoms with van der Waals surface area (Å²) < 4.78 is 0. The third-order valence-electron chi connectivity index (χ3n) is 6.22. The Morgan fingerprint density at radius 2 is 1.29 bits per heavy atom. The minimum atomic E-state index is 0.993. The van der Waals surface area contributed by atoms with Crippen LogP contribution in [-0.2, 0) is 6.42 Å². The zero-order chi connectivity index (χ0) is 23.2. The van der Waals surface area contributed by atoms with Gasteiger partial charge >= 0.3 is 0 Å². The molecule has 166 valence electrons. The molecule has 0 spiro atoms. The Bertz CT molecular complexity index is 1410. The first-order chi connectivity index (χ1) is 16.8. The van der Waals surface area contributed by atoms with Crippen molar-refractivity contribution >= 4 is 10.9 Å². The van der Waals surface area contributed by atoms with E-state index in [9.17, 15) is 0 Å². The van der Waals surface area contributed by atoms with Gasteiger partial charge in [0.15, 0.2) is 0 Å². The molecule has 0 radical (unpaired) electrons. The third kappa shape index (κ3) is 5.00. The van der Waals surface area contributed by atoms with Crippen LogP contribution in [-0.4, -0.2) is 4.98 Å². The highest BCUT2D eigenvalue weighted by molar-refractivity contribution is 5.86. The monoisotopic (exact) mass is 439 g/mol. The van der Waals surface area contributed by atoms with E-state index in [4.69, 9.17) is 4.98 Å². The van der Waals surface area contributed by atoms with E-state index in [1.165, 1.54) is 34.2 Å². The van der Waals surface area contributed by atoms with E-state index < -0.39 is 0 Å². The maximum Gasteiger partial charge on any atom is 0.0709 e. The molecule has 4 aromatic carbocycles. The Hall–Kier alpha value is -3.97. The third-order valence-corrected chi connectivity index (χ3v) is 6.22. The van der Waals surface area contributed by atoms with Gasteiger partial charge in [0.05, 0.1) is 11.2 Å². The first kappa shape index (κ1) is 21.9. The molecule has 1 aromatic heterocycles. The molecule has 0 atom stereocenters. The van der Waals surface area contributed by atoms with Crippen LogP contribution in [0.1, 0.15) is 25.3 Å². The number of hydrogen-bond donors (Lipinski definition) is 0. The molecule has 0 unspecified atom stereocenters. The van der Waals surface area contributed by atoms with Gasteiger partial charge in [-0.05, 0) is 64.9 Å². The molecule has 0 saturated heterocycles. The van der Waals surface area contributed by atoms with E-state index in [0.29, 0.717) is 0 Å². The number of unbranched alkanes of at least 4 members (excludes halogenated alkanes) is 1. The van der Waals surface area contributed by atoms with E-state index in [1.54, 1.807) is 0 Å². The maximum absolute atomic E-state index is 4.97. The topological polar surface area (TPSA) is 12.9 Å². The molecule has 0 saturated carbocycles. The van der Waals surface area contributed by atoms with Crippen LogP contribution in [0.25, 0.3) is 44.4 Å². The molecule has 0 aliphatic heterocycles. The van der Waals surface area contributed by atoms with Gasteiger partial charge in [0, 0.05) is 10.9 Å². The fourth-order valence-corrected chi connectivity index (χ4v) is 4.29. The normalized spacial score (nSPS) is 11.3. The average molecular weight is 440 g/mol. The van der Waals surface area contributed by atoms with Crippen molar-refractivity contribution in [1.29, 1.82) is 0 Å². The second-order valence-electron chi connectivity index (χ2n) is 8.71. The van der Waals surface area contributed by atoms with Crippen LogP contribution >= 0.6 is 0 Å². The molecule has 0 fully saturated rings. The van der Waals surface area contributed by atoms with Crippen LogP contribution < -0.4 is 0 Å². The van der Waals surface area contributed by atoms with Gasteiger partial charge in [-0.15, -0.1) is 0 Å². The number of aromatic nitrogens is 1. The zero-order valence-electron chi connectivity index (χ0n) is 19.6. The van der Waals surface area contributed by atoms with Crippen molar-refractivity contribution in [3.8, 4) is 33.5 Å². The standard InChI is InChI=1S/C33H29N/c1-2-3-4-6-10-25-15-17-27(18-16-25)28-13-9-14-30(23-28)32-22-20-31-24-29(19-21-33(31)34-32)26-11-7-5-8-12-26/h4-9,11-24H,2-3,10H2,1H3/b6-4-. The van der Waals surface area contributed by atoms with Crippen molar-refractivity contribution in [3.63, 3.8) is 0 Å². The van der Waals surface area contributed by atoms with Crippen molar-refractivity contribution in [2.45, 2.75) is 26.2 Å². The Kier molecular flexibility index (Phi) is 6.63. The van der Waals surface area contributed by atoms with Crippen molar-refractivity contribution in [1.82, 2.24) is 4.98 Å². The van der Waals surface area contributed by atoms with Crippen molar-refractivity contribution in [3.05, 3.63) is 127 Å². The number of rotatable bonds is 7. The van der Waals surface area contributed by atoms with Gasteiger partial charge in [-0.25, -0.2) is 4.98 Å². The highest BCUT2D eigenvalue weighted by Crippen LogP contribution is 2.29. The molecule has 0 aliphatic rings. The van der Waals surface area contributed by atoms with E-state index in [0.717, 1.165) is 35.0 Å². The summed E-state index contributed by atoms with van der Waals surface area (Å²) in [6.07, 6.45) is 7.89. The second-order valence-corrected chi connectivity index (χ2v) is 8.71. The van der Waals surface area contributed by atoms with Crippen LogP contribution in [0.4, 0.5) is 0 Å². The summed E-state index contributed by atoms with van der Waals surface area (Å²) in [7, 11) is 0. The Labute approximate surface area is 202 Å². The lowest BCUT2D eigenvalue weighted by Gasteiger charge is -2.08. The average Bonchev–Trinajstić information content (AvgIpc) is 2.91. The van der Waals surface area contributed by atoms with Crippen molar-refractivity contribution in [2.24, 2.45) is 0 Å². The summed E-state index contributed by atoms with van der Waals surface area (Å²) in [5.74, 6) is 0. The molecule has 0 N–H and O–H groups in total. The summed E-state index contributed by atoms with van der Waals surface area (Å²) in [4.78, 5) is 4.97. The SMILES string of the molecule is CCC/C=C\Cc1ccc(-c2cccc(-c3ccc4cc(-c5ccccc5)ccc4n3)c2)cc1. The molecular weight excluding hydrogens is 410 g/mol. The molecule has 0 aliphatic carbocycles. The lowest BCUT2D eigenvalue weighted by Crippen LogP contribution is -1.88. The van der Waals surface area contributed by atoms with Crippen LogP contribution in [0.5, 0.6) is 0 Å². The number of pyridine rings is 1. The van der Waals surface area contributed by atoms with Gasteiger partial charge in [-0.3, -0.25) is 0 Å². The Morgan fingerprint density at radius 3 is 2.12 bits per heavy atom. The maximum atomic E-state index is 4.97. The molecule has 1 heteroatoms. The summed E-state index contributed by atoms with van der Waals surface area (Å²) >= 11 is 0. The fraction of sp³-hybridized carbons (Fsp3) is 0.121. The number of nitrogens with zero attached hydrogens (tertiary/aromatic N) is 1. The smallest absolute Gasteiger partial charge is 0.0709 e. The van der Waals surface area contributed by atoms with Crippen molar-refractivity contribution in [2.75, 3.05) is 0 Å². The van der Waals surface area contributed by atoms with Crippen LogP contribution in [0.15, 0.2) is 121 Å². The van der Waals surface area contributed by atoms with Crippen LogP contribution in [0.3, 0.4) is 0 Å². The van der Waals surface area contributed by atoms with Gasteiger partial charge in [0.1, 0.15) is 0 Å². The highest BCUT2D eigenvalue weighted by Gasteiger charge is 2.06. The quantitative estimate of drug-likeness (QED) is 0.230.